The largest absolute Gasteiger partial charge is 0.313 e. The summed E-state index contributed by atoms with van der Waals surface area (Å²) in [5, 5.41) is 3.39. The van der Waals surface area contributed by atoms with E-state index in [1.807, 2.05) is 6.92 Å². The van der Waals surface area contributed by atoms with E-state index in [9.17, 15) is 8.78 Å². The number of rotatable bonds is 6. The van der Waals surface area contributed by atoms with Crippen LogP contribution in [0.2, 0.25) is 0 Å². The van der Waals surface area contributed by atoms with E-state index in [1.165, 1.54) is 18.2 Å². The van der Waals surface area contributed by atoms with E-state index in [-0.39, 0.29) is 17.5 Å². The van der Waals surface area contributed by atoms with E-state index in [2.05, 4.69) is 26.1 Å². The summed E-state index contributed by atoms with van der Waals surface area (Å²) in [5.41, 5.74) is 0.194. The SMILES string of the molecule is CCCNC(C(C)C)C(C)c1c(F)cccc1F. The van der Waals surface area contributed by atoms with Crippen molar-refractivity contribution >= 4 is 0 Å². The van der Waals surface area contributed by atoms with Crippen molar-refractivity contribution in [1.82, 2.24) is 5.32 Å². The Morgan fingerprint density at radius 1 is 1.11 bits per heavy atom. The highest BCUT2D eigenvalue weighted by Crippen LogP contribution is 2.28. The van der Waals surface area contributed by atoms with Gasteiger partial charge in [-0.05, 0) is 31.0 Å². The molecule has 2 unspecified atom stereocenters. The van der Waals surface area contributed by atoms with Gasteiger partial charge in [0.15, 0.2) is 0 Å². The standard InChI is InChI=1S/C15H23F2N/c1-5-9-18-15(10(2)3)11(4)14-12(16)7-6-8-13(14)17/h6-8,10-11,15,18H,5,9H2,1-4H3. The van der Waals surface area contributed by atoms with Gasteiger partial charge in [0, 0.05) is 17.5 Å². The van der Waals surface area contributed by atoms with Gasteiger partial charge >= 0.3 is 0 Å². The van der Waals surface area contributed by atoms with Crippen LogP contribution < -0.4 is 5.32 Å². The average Bonchev–Trinajstić information content (AvgIpc) is 2.28. The fraction of sp³-hybridized carbons (Fsp3) is 0.600. The van der Waals surface area contributed by atoms with Gasteiger partial charge in [0.25, 0.3) is 0 Å². The summed E-state index contributed by atoms with van der Waals surface area (Å²) in [5.74, 6) is -0.763. The Morgan fingerprint density at radius 2 is 1.67 bits per heavy atom. The molecule has 0 aromatic heterocycles. The second-order valence-corrected chi connectivity index (χ2v) is 5.15. The molecule has 0 aliphatic heterocycles. The van der Waals surface area contributed by atoms with Gasteiger partial charge in [0.05, 0.1) is 0 Å². The van der Waals surface area contributed by atoms with Crippen molar-refractivity contribution in [2.24, 2.45) is 5.92 Å². The van der Waals surface area contributed by atoms with Crippen molar-refractivity contribution in [3.05, 3.63) is 35.4 Å². The molecule has 0 heterocycles. The Morgan fingerprint density at radius 3 is 2.11 bits per heavy atom. The Hall–Kier alpha value is -0.960. The zero-order valence-corrected chi connectivity index (χ0v) is 11.6. The molecule has 0 fully saturated rings. The second kappa shape index (κ2) is 6.83. The molecule has 18 heavy (non-hydrogen) atoms. The lowest BCUT2D eigenvalue weighted by Gasteiger charge is -2.29. The maximum atomic E-state index is 13.8. The van der Waals surface area contributed by atoms with E-state index in [1.54, 1.807) is 0 Å². The molecular formula is C15H23F2N. The second-order valence-electron chi connectivity index (χ2n) is 5.15. The van der Waals surface area contributed by atoms with Gasteiger partial charge in [-0.15, -0.1) is 0 Å². The highest BCUT2D eigenvalue weighted by atomic mass is 19.1. The minimum atomic E-state index is -0.452. The maximum Gasteiger partial charge on any atom is 0.129 e. The molecule has 1 aromatic carbocycles. The number of nitrogens with one attached hydrogen (secondary N) is 1. The highest BCUT2D eigenvalue weighted by Gasteiger charge is 2.26. The van der Waals surface area contributed by atoms with Gasteiger partial charge in [0.1, 0.15) is 11.6 Å². The molecule has 0 aliphatic rings. The third-order valence-electron chi connectivity index (χ3n) is 3.34. The van der Waals surface area contributed by atoms with Crippen LogP contribution in [0.1, 0.15) is 45.6 Å². The molecule has 102 valence electrons. The summed E-state index contributed by atoms with van der Waals surface area (Å²) in [6.07, 6.45) is 1.01. The summed E-state index contributed by atoms with van der Waals surface area (Å²) in [6, 6.07) is 4.14. The molecule has 0 amide bonds. The molecule has 0 saturated heterocycles. The van der Waals surface area contributed by atoms with Crippen LogP contribution in [0.15, 0.2) is 18.2 Å². The first-order chi connectivity index (χ1) is 8.49. The quantitative estimate of drug-likeness (QED) is 0.807. The monoisotopic (exact) mass is 255 g/mol. The molecule has 0 spiro atoms. The minimum Gasteiger partial charge on any atom is -0.313 e. The lowest BCUT2D eigenvalue weighted by molar-refractivity contribution is 0.341. The van der Waals surface area contributed by atoms with E-state index in [0.717, 1.165) is 13.0 Å². The predicted octanol–water partition coefficient (Wildman–Crippen LogP) is 4.09. The number of hydrogen-bond acceptors (Lipinski definition) is 1. The summed E-state index contributed by atoms with van der Waals surface area (Å²) in [4.78, 5) is 0. The van der Waals surface area contributed by atoms with Gasteiger partial charge < -0.3 is 5.32 Å². The molecule has 2 atom stereocenters. The minimum absolute atomic E-state index is 0.0800. The fourth-order valence-corrected chi connectivity index (χ4v) is 2.43. The van der Waals surface area contributed by atoms with Crippen molar-refractivity contribution < 1.29 is 8.78 Å². The molecule has 1 rings (SSSR count). The zero-order chi connectivity index (χ0) is 13.7. The van der Waals surface area contributed by atoms with Crippen LogP contribution in [0.4, 0.5) is 8.78 Å². The predicted molar refractivity (Wildman–Crippen MR) is 71.7 cm³/mol. The molecule has 0 bridgehead atoms. The van der Waals surface area contributed by atoms with Crippen LogP contribution in [0.5, 0.6) is 0 Å². The molecule has 1 nitrogen and oxygen atoms in total. The third kappa shape index (κ3) is 3.52. The fourth-order valence-electron chi connectivity index (χ4n) is 2.43. The number of hydrogen-bond donors (Lipinski definition) is 1. The molecule has 0 saturated carbocycles. The van der Waals surface area contributed by atoms with E-state index < -0.39 is 11.6 Å². The number of halogens is 2. The van der Waals surface area contributed by atoms with Gasteiger partial charge in [0.2, 0.25) is 0 Å². The molecular weight excluding hydrogens is 232 g/mol. The van der Waals surface area contributed by atoms with Crippen LogP contribution >= 0.6 is 0 Å². The molecule has 0 aliphatic carbocycles. The summed E-state index contributed by atoms with van der Waals surface area (Å²) in [7, 11) is 0. The van der Waals surface area contributed by atoms with Crippen molar-refractivity contribution in [1.29, 1.82) is 0 Å². The smallest absolute Gasteiger partial charge is 0.129 e. The van der Waals surface area contributed by atoms with Crippen LogP contribution in [0.3, 0.4) is 0 Å². The van der Waals surface area contributed by atoms with Gasteiger partial charge in [-0.3, -0.25) is 0 Å². The Balaban J connectivity index is 2.98. The molecule has 1 aromatic rings. The maximum absolute atomic E-state index is 13.8. The van der Waals surface area contributed by atoms with Crippen LogP contribution in [0, 0.1) is 17.6 Å². The van der Waals surface area contributed by atoms with Crippen LogP contribution in [-0.4, -0.2) is 12.6 Å². The van der Waals surface area contributed by atoms with Crippen LogP contribution in [0.25, 0.3) is 0 Å². The molecule has 0 radical (unpaired) electrons. The first kappa shape index (κ1) is 15.1. The number of benzene rings is 1. The van der Waals surface area contributed by atoms with E-state index in [0.29, 0.717) is 5.92 Å². The summed E-state index contributed by atoms with van der Waals surface area (Å²) in [6.45, 7) is 8.97. The van der Waals surface area contributed by atoms with Crippen molar-refractivity contribution in [3.63, 3.8) is 0 Å². The van der Waals surface area contributed by atoms with E-state index in [4.69, 9.17) is 0 Å². The van der Waals surface area contributed by atoms with Gasteiger partial charge in [-0.25, -0.2) is 8.78 Å². The van der Waals surface area contributed by atoms with Gasteiger partial charge in [-0.2, -0.15) is 0 Å². The summed E-state index contributed by atoms with van der Waals surface area (Å²) < 4.78 is 27.6. The third-order valence-corrected chi connectivity index (χ3v) is 3.34. The lowest BCUT2D eigenvalue weighted by Crippen LogP contribution is -2.39. The van der Waals surface area contributed by atoms with Crippen molar-refractivity contribution in [2.75, 3.05) is 6.54 Å². The topological polar surface area (TPSA) is 12.0 Å². The summed E-state index contributed by atoms with van der Waals surface area (Å²) >= 11 is 0. The van der Waals surface area contributed by atoms with Crippen molar-refractivity contribution in [2.45, 2.75) is 46.1 Å². The average molecular weight is 255 g/mol. The Bertz CT molecular complexity index is 357. The lowest BCUT2D eigenvalue weighted by atomic mass is 9.85. The van der Waals surface area contributed by atoms with Crippen molar-refractivity contribution in [3.8, 4) is 0 Å². The Labute approximate surface area is 109 Å². The molecule has 1 N–H and O–H groups in total. The highest BCUT2D eigenvalue weighted by molar-refractivity contribution is 5.25. The van der Waals surface area contributed by atoms with E-state index >= 15 is 0 Å². The van der Waals surface area contributed by atoms with Crippen LogP contribution in [-0.2, 0) is 0 Å². The first-order valence-electron chi connectivity index (χ1n) is 6.66. The first-order valence-corrected chi connectivity index (χ1v) is 6.66. The Kier molecular flexibility index (Phi) is 5.73. The molecule has 3 heteroatoms. The zero-order valence-electron chi connectivity index (χ0n) is 11.6. The normalized spacial score (nSPS) is 14.8. The van der Waals surface area contributed by atoms with Gasteiger partial charge in [-0.1, -0.05) is 33.8 Å².